The number of pyridine rings is 1. The summed E-state index contributed by atoms with van der Waals surface area (Å²) < 4.78 is 37.7. The highest BCUT2D eigenvalue weighted by Crippen LogP contribution is 2.25. The smallest absolute Gasteiger partial charge is 0.309 e. The van der Waals surface area contributed by atoms with Crippen molar-refractivity contribution < 1.29 is 22.5 Å². The summed E-state index contributed by atoms with van der Waals surface area (Å²) >= 11 is 0. The van der Waals surface area contributed by atoms with E-state index in [1.807, 2.05) is 13.0 Å². The summed E-state index contributed by atoms with van der Waals surface area (Å²) in [4.78, 5) is 21.1. The summed E-state index contributed by atoms with van der Waals surface area (Å²) in [5.41, 5.74) is 1.78. The summed E-state index contributed by atoms with van der Waals surface area (Å²) in [7, 11) is -3.54. The van der Waals surface area contributed by atoms with E-state index in [1.165, 1.54) is 4.31 Å². The molecule has 1 aromatic carbocycles. The third-order valence-electron chi connectivity index (χ3n) is 5.61. The van der Waals surface area contributed by atoms with Crippen LogP contribution < -0.4 is 0 Å². The molecule has 4 rings (SSSR count). The molecule has 3 heterocycles. The van der Waals surface area contributed by atoms with Crippen LogP contribution in [-0.2, 0) is 26.0 Å². The Hall–Kier alpha value is -3.11. The van der Waals surface area contributed by atoms with Crippen LogP contribution >= 0.6 is 0 Å². The van der Waals surface area contributed by atoms with Crippen molar-refractivity contribution >= 4 is 16.0 Å². The number of carbonyl (C=O) groups is 1. The van der Waals surface area contributed by atoms with Gasteiger partial charge in [0.1, 0.15) is 0 Å². The van der Waals surface area contributed by atoms with Crippen LogP contribution in [-0.4, -0.2) is 53.5 Å². The molecule has 0 amide bonds. The fourth-order valence-electron chi connectivity index (χ4n) is 3.67. The zero-order chi connectivity index (χ0) is 23.3. The van der Waals surface area contributed by atoms with Gasteiger partial charge in [-0.05, 0) is 50.5 Å². The number of carbonyl (C=O) groups excluding carboxylic acids is 1. The molecule has 1 aliphatic heterocycles. The van der Waals surface area contributed by atoms with Gasteiger partial charge in [-0.3, -0.25) is 9.78 Å². The van der Waals surface area contributed by atoms with Crippen LogP contribution in [0.5, 0.6) is 0 Å². The quantitative estimate of drug-likeness (QED) is 0.364. The van der Waals surface area contributed by atoms with Gasteiger partial charge in [-0.25, -0.2) is 8.42 Å². The topological polar surface area (TPSA) is 115 Å². The molecule has 0 N–H and O–H groups in total. The van der Waals surface area contributed by atoms with E-state index in [-0.39, 0.29) is 23.4 Å². The van der Waals surface area contributed by atoms with Gasteiger partial charge in [0.15, 0.2) is 0 Å². The molecule has 9 nitrogen and oxygen atoms in total. The van der Waals surface area contributed by atoms with Gasteiger partial charge in [0.25, 0.3) is 0 Å². The molecule has 3 aromatic rings. The molecule has 1 saturated heterocycles. The zero-order valence-electron chi connectivity index (χ0n) is 18.4. The van der Waals surface area contributed by atoms with Gasteiger partial charge in [-0.15, -0.1) is 0 Å². The first kappa shape index (κ1) is 23.1. The minimum Gasteiger partial charge on any atom is -0.465 e. The molecule has 0 spiro atoms. The Labute approximate surface area is 192 Å². The van der Waals surface area contributed by atoms with E-state index in [0.717, 1.165) is 11.1 Å². The number of nitrogens with zero attached hydrogens (tertiary/aromatic N) is 4. The summed E-state index contributed by atoms with van der Waals surface area (Å²) in [6.07, 6.45) is 5.28. The van der Waals surface area contributed by atoms with Crippen LogP contribution in [0.15, 0.2) is 58.2 Å². The minimum atomic E-state index is -3.54. The van der Waals surface area contributed by atoms with Gasteiger partial charge in [-0.1, -0.05) is 22.9 Å². The lowest BCUT2D eigenvalue weighted by Crippen LogP contribution is -2.40. The molecule has 0 atom stereocenters. The summed E-state index contributed by atoms with van der Waals surface area (Å²) in [6.45, 7) is 2.75. The lowest BCUT2D eigenvalue weighted by atomic mass is 9.98. The highest BCUT2D eigenvalue weighted by Gasteiger charge is 2.32. The van der Waals surface area contributed by atoms with E-state index < -0.39 is 10.0 Å². The van der Waals surface area contributed by atoms with Crippen LogP contribution in [0.25, 0.3) is 11.4 Å². The molecule has 10 heteroatoms. The number of esters is 1. The van der Waals surface area contributed by atoms with Crippen molar-refractivity contribution in [3.05, 3.63) is 60.2 Å². The molecule has 2 aromatic heterocycles. The Bertz CT molecular complexity index is 1170. The van der Waals surface area contributed by atoms with E-state index in [1.54, 1.807) is 42.7 Å². The minimum absolute atomic E-state index is 0.241. The van der Waals surface area contributed by atoms with Crippen molar-refractivity contribution in [3.63, 3.8) is 0 Å². The second-order valence-electron chi connectivity index (χ2n) is 8.02. The Morgan fingerprint density at radius 1 is 1.18 bits per heavy atom. The zero-order valence-corrected chi connectivity index (χ0v) is 19.2. The van der Waals surface area contributed by atoms with Crippen LogP contribution in [0.3, 0.4) is 0 Å². The molecule has 0 radical (unpaired) electrons. The molecule has 1 aliphatic rings. The summed E-state index contributed by atoms with van der Waals surface area (Å²) in [5, 5.41) is 3.94. The predicted molar refractivity (Wildman–Crippen MR) is 119 cm³/mol. The second kappa shape index (κ2) is 10.2. The maximum atomic E-state index is 12.8. The number of aromatic nitrogens is 3. The molecular formula is C23H26N4O5S. The van der Waals surface area contributed by atoms with Gasteiger partial charge in [-0.2, -0.15) is 9.29 Å². The first-order chi connectivity index (χ1) is 15.9. The van der Waals surface area contributed by atoms with Gasteiger partial charge < -0.3 is 9.26 Å². The third-order valence-corrected chi connectivity index (χ3v) is 7.53. The fraction of sp³-hybridized carbons (Fsp3) is 0.391. The van der Waals surface area contributed by atoms with Crippen molar-refractivity contribution in [2.24, 2.45) is 5.92 Å². The average molecular weight is 471 g/mol. The fourth-order valence-corrected chi connectivity index (χ4v) is 5.14. The Morgan fingerprint density at radius 2 is 1.94 bits per heavy atom. The molecule has 33 heavy (non-hydrogen) atoms. The molecule has 174 valence electrons. The second-order valence-corrected chi connectivity index (χ2v) is 9.95. The van der Waals surface area contributed by atoms with Crippen molar-refractivity contribution in [1.29, 1.82) is 0 Å². The van der Waals surface area contributed by atoms with E-state index in [9.17, 15) is 13.2 Å². The molecule has 0 aliphatic carbocycles. The monoisotopic (exact) mass is 470 g/mol. The van der Waals surface area contributed by atoms with Crippen molar-refractivity contribution in [2.45, 2.75) is 37.5 Å². The summed E-state index contributed by atoms with van der Waals surface area (Å²) in [5.74, 6) is 0.362. The first-order valence-corrected chi connectivity index (χ1v) is 12.3. The number of aryl methyl sites for hydroxylation is 2. The van der Waals surface area contributed by atoms with E-state index in [0.29, 0.717) is 50.5 Å². The number of hydrogen-bond donors (Lipinski definition) is 0. The Balaban J connectivity index is 1.20. The maximum Gasteiger partial charge on any atom is 0.309 e. The average Bonchev–Trinajstić information content (AvgIpc) is 3.32. The van der Waals surface area contributed by atoms with E-state index in [2.05, 4.69) is 15.1 Å². The van der Waals surface area contributed by atoms with Crippen LogP contribution in [0.2, 0.25) is 0 Å². The van der Waals surface area contributed by atoms with Gasteiger partial charge in [0.05, 0.1) is 17.4 Å². The van der Waals surface area contributed by atoms with E-state index >= 15 is 0 Å². The maximum absolute atomic E-state index is 12.8. The van der Waals surface area contributed by atoms with Crippen molar-refractivity contribution in [2.75, 3.05) is 19.7 Å². The number of hydrogen-bond acceptors (Lipinski definition) is 8. The van der Waals surface area contributed by atoms with Crippen molar-refractivity contribution in [3.8, 4) is 11.4 Å². The highest BCUT2D eigenvalue weighted by atomic mass is 32.2. The Kier molecular flexibility index (Phi) is 7.14. The highest BCUT2D eigenvalue weighted by molar-refractivity contribution is 7.89. The van der Waals surface area contributed by atoms with Crippen LogP contribution in [0, 0.1) is 12.8 Å². The van der Waals surface area contributed by atoms with Crippen LogP contribution in [0.1, 0.15) is 30.7 Å². The number of sulfonamides is 1. The van der Waals surface area contributed by atoms with Crippen LogP contribution in [0.4, 0.5) is 0 Å². The Morgan fingerprint density at radius 3 is 2.64 bits per heavy atom. The molecular weight excluding hydrogens is 444 g/mol. The first-order valence-electron chi connectivity index (χ1n) is 10.9. The lowest BCUT2D eigenvalue weighted by Gasteiger charge is -2.30. The number of piperidine rings is 1. The largest absolute Gasteiger partial charge is 0.465 e. The number of benzene rings is 1. The van der Waals surface area contributed by atoms with E-state index in [4.69, 9.17) is 9.26 Å². The van der Waals surface area contributed by atoms with Gasteiger partial charge in [0, 0.05) is 37.5 Å². The standard InChI is InChI=1S/C23H26N4O5S/c1-17-6-8-20(9-7-17)33(29,30)27-13-10-18(11-14-27)23(28)31-15-3-5-21-25-22(26-32-21)19-4-2-12-24-16-19/h2,4,6-9,12,16,18H,3,5,10-11,13-15H2,1H3. The molecule has 1 fully saturated rings. The van der Waals surface area contributed by atoms with Gasteiger partial charge in [0.2, 0.25) is 21.7 Å². The number of rotatable bonds is 8. The molecule has 0 saturated carbocycles. The summed E-state index contributed by atoms with van der Waals surface area (Å²) in [6, 6.07) is 10.5. The lowest BCUT2D eigenvalue weighted by molar-refractivity contribution is -0.149. The number of ether oxygens (including phenoxy) is 1. The van der Waals surface area contributed by atoms with Gasteiger partial charge >= 0.3 is 5.97 Å². The SMILES string of the molecule is Cc1ccc(S(=O)(=O)N2CCC(C(=O)OCCCc3nc(-c4cccnc4)no3)CC2)cc1. The van der Waals surface area contributed by atoms with Crippen molar-refractivity contribution in [1.82, 2.24) is 19.4 Å². The molecule has 0 unspecified atom stereocenters. The predicted octanol–water partition coefficient (Wildman–Crippen LogP) is 3.02. The normalized spacial score (nSPS) is 15.4. The molecule has 0 bridgehead atoms. The third kappa shape index (κ3) is 5.63.